The molecule has 1 aromatic rings. The highest BCUT2D eigenvalue weighted by Gasteiger charge is 2.15. The lowest BCUT2D eigenvalue weighted by Crippen LogP contribution is -2.28. The molecule has 0 bridgehead atoms. The lowest BCUT2D eigenvalue weighted by atomic mass is 10.2. The molecule has 1 atom stereocenters. The SMILES string of the molecule is Cc1ccnc(OCC2CCCN2)c1Br. The Kier molecular flexibility index (Phi) is 3.59. The zero-order chi connectivity index (χ0) is 10.7. The number of nitrogens with zero attached hydrogens (tertiary/aromatic N) is 1. The van der Waals surface area contributed by atoms with Crippen molar-refractivity contribution in [1.29, 1.82) is 0 Å². The molecule has 15 heavy (non-hydrogen) atoms. The Hall–Kier alpha value is -0.610. The Morgan fingerprint density at radius 1 is 1.67 bits per heavy atom. The maximum atomic E-state index is 5.68. The molecular formula is C11H15BrN2O. The molecule has 0 amide bonds. The van der Waals surface area contributed by atoms with E-state index >= 15 is 0 Å². The van der Waals surface area contributed by atoms with Crippen LogP contribution in [0.2, 0.25) is 0 Å². The minimum absolute atomic E-state index is 0.485. The van der Waals surface area contributed by atoms with Gasteiger partial charge < -0.3 is 10.1 Å². The summed E-state index contributed by atoms with van der Waals surface area (Å²) in [5.74, 6) is 0.698. The van der Waals surface area contributed by atoms with E-state index in [2.05, 4.69) is 26.2 Å². The molecule has 1 saturated heterocycles. The highest BCUT2D eigenvalue weighted by molar-refractivity contribution is 9.10. The van der Waals surface area contributed by atoms with Gasteiger partial charge >= 0.3 is 0 Å². The monoisotopic (exact) mass is 270 g/mol. The molecule has 2 rings (SSSR count). The lowest BCUT2D eigenvalue weighted by Gasteiger charge is -2.12. The first-order chi connectivity index (χ1) is 7.27. The van der Waals surface area contributed by atoms with Gasteiger partial charge in [-0.2, -0.15) is 0 Å². The van der Waals surface area contributed by atoms with Crippen molar-refractivity contribution in [2.45, 2.75) is 25.8 Å². The zero-order valence-corrected chi connectivity index (χ0v) is 10.4. The number of aryl methyl sites for hydroxylation is 1. The number of pyridine rings is 1. The van der Waals surface area contributed by atoms with Crippen molar-refractivity contribution >= 4 is 15.9 Å². The van der Waals surface area contributed by atoms with E-state index in [1.165, 1.54) is 12.8 Å². The molecule has 3 nitrogen and oxygen atoms in total. The minimum atomic E-state index is 0.485. The van der Waals surface area contributed by atoms with Gasteiger partial charge in [-0.1, -0.05) is 0 Å². The first-order valence-corrected chi connectivity index (χ1v) is 6.04. The van der Waals surface area contributed by atoms with Crippen LogP contribution in [0.15, 0.2) is 16.7 Å². The molecule has 4 heteroatoms. The number of rotatable bonds is 3. The predicted molar refractivity (Wildman–Crippen MR) is 63.2 cm³/mol. The van der Waals surface area contributed by atoms with Crippen LogP contribution in [0.25, 0.3) is 0 Å². The second kappa shape index (κ2) is 4.94. The summed E-state index contributed by atoms with van der Waals surface area (Å²) in [4.78, 5) is 4.20. The van der Waals surface area contributed by atoms with Gasteiger partial charge in [0.15, 0.2) is 0 Å². The molecule has 0 aromatic carbocycles. The van der Waals surface area contributed by atoms with Crippen molar-refractivity contribution in [2.24, 2.45) is 0 Å². The van der Waals surface area contributed by atoms with Crippen LogP contribution in [0.1, 0.15) is 18.4 Å². The molecular weight excluding hydrogens is 256 g/mol. The molecule has 2 heterocycles. The van der Waals surface area contributed by atoms with E-state index in [4.69, 9.17) is 4.74 Å². The summed E-state index contributed by atoms with van der Waals surface area (Å²) >= 11 is 3.48. The van der Waals surface area contributed by atoms with Gasteiger partial charge in [0, 0.05) is 12.2 Å². The first kappa shape index (κ1) is 10.9. The molecule has 0 saturated carbocycles. The van der Waals surface area contributed by atoms with Crippen LogP contribution in [0.3, 0.4) is 0 Å². The fraction of sp³-hybridized carbons (Fsp3) is 0.545. The number of aromatic nitrogens is 1. The number of halogens is 1. The Balaban J connectivity index is 1.95. The third-order valence-corrected chi connectivity index (χ3v) is 3.60. The van der Waals surface area contributed by atoms with Crippen molar-refractivity contribution in [2.75, 3.05) is 13.2 Å². The van der Waals surface area contributed by atoms with Gasteiger partial charge in [0.25, 0.3) is 0 Å². The predicted octanol–water partition coefficient (Wildman–Crippen LogP) is 2.28. The van der Waals surface area contributed by atoms with Crippen molar-refractivity contribution in [3.8, 4) is 5.88 Å². The van der Waals surface area contributed by atoms with E-state index in [0.29, 0.717) is 18.5 Å². The van der Waals surface area contributed by atoms with E-state index in [9.17, 15) is 0 Å². The van der Waals surface area contributed by atoms with E-state index in [0.717, 1.165) is 16.6 Å². The van der Waals surface area contributed by atoms with E-state index < -0.39 is 0 Å². The smallest absolute Gasteiger partial charge is 0.228 e. The van der Waals surface area contributed by atoms with Crippen molar-refractivity contribution < 1.29 is 4.74 Å². The van der Waals surface area contributed by atoms with E-state index in [1.807, 2.05) is 13.0 Å². The Morgan fingerprint density at radius 3 is 3.27 bits per heavy atom. The Morgan fingerprint density at radius 2 is 2.53 bits per heavy atom. The summed E-state index contributed by atoms with van der Waals surface area (Å²) in [5, 5.41) is 3.39. The summed E-state index contributed by atoms with van der Waals surface area (Å²) in [6, 6.07) is 2.45. The van der Waals surface area contributed by atoms with Crippen LogP contribution in [0.5, 0.6) is 5.88 Å². The van der Waals surface area contributed by atoms with E-state index in [-0.39, 0.29) is 0 Å². The maximum Gasteiger partial charge on any atom is 0.228 e. The van der Waals surface area contributed by atoms with Gasteiger partial charge in [0.05, 0.1) is 4.47 Å². The highest BCUT2D eigenvalue weighted by Crippen LogP contribution is 2.25. The largest absolute Gasteiger partial charge is 0.475 e. The Bertz CT molecular complexity index is 337. The summed E-state index contributed by atoms with van der Waals surface area (Å²) in [6.45, 7) is 3.85. The van der Waals surface area contributed by atoms with E-state index in [1.54, 1.807) is 6.20 Å². The number of hydrogen-bond acceptors (Lipinski definition) is 3. The van der Waals surface area contributed by atoms with Crippen molar-refractivity contribution in [3.63, 3.8) is 0 Å². The van der Waals surface area contributed by atoms with Crippen LogP contribution >= 0.6 is 15.9 Å². The van der Waals surface area contributed by atoms with Crippen LogP contribution < -0.4 is 10.1 Å². The number of nitrogens with one attached hydrogen (secondary N) is 1. The molecule has 1 aliphatic rings. The van der Waals surface area contributed by atoms with Gasteiger partial charge in [-0.05, 0) is 53.9 Å². The van der Waals surface area contributed by atoms with Gasteiger partial charge in [0.1, 0.15) is 6.61 Å². The summed E-state index contributed by atoms with van der Waals surface area (Å²) < 4.78 is 6.64. The maximum absolute atomic E-state index is 5.68. The fourth-order valence-electron chi connectivity index (χ4n) is 1.69. The van der Waals surface area contributed by atoms with Crippen LogP contribution in [0.4, 0.5) is 0 Å². The van der Waals surface area contributed by atoms with Gasteiger partial charge in [-0.15, -0.1) is 0 Å². The van der Waals surface area contributed by atoms with Crippen molar-refractivity contribution in [1.82, 2.24) is 10.3 Å². The summed E-state index contributed by atoms with van der Waals surface area (Å²) in [7, 11) is 0. The van der Waals surface area contributed by atoms with Crippen LogP contribution in [-0.2, 0) is 0 Å². The molecule has 0 radical (unpaired) electrons. The molecule has 0 spiro atoms. The molecule has 0 aliphatic carbocycles. The fourth-order valence-corrected chi connectivity index (χ4v) is 2.04. The summed E-state index contributed by atoms with van der Waals surface area (Å²) in [5.41, 5.74) is 1.15. The number of hydrogen-bond donors (Lipinski definition) is 1. The Labute approximate surface area is 98.4 Å². The molecule has 82 valence electrons. The van der Waals surface area contributed by atoms with Gasteiger partial charge in [-0.3, -0.25) is 0 Å². The first-order valence-electron chi connectivity index (χ1n) is 5.24. The van der Waals surface area contributed by atoms with Gasteiger partial charge in [-0.25, -0.2) is 4.98 Å². The molecule has 1 N–H and O–H groups in total. The third-order valence-electron chi connectivity index (χ3n) is 2.63. The second-order valence-electron chi connectivity index (χ2n) is 3.85. The quantitative estimate of drug-likeness (QED) is 0.915. The van der Waals surface area contributed by atoms with Crippen LogP contribution in [-0.4, -0.2) is 24.2 Å². The average molecular weight is 271 g/mol. The summed E-state index contributed by atoms with van der Waals surface area (Å²) in [6.07, 6.45) is 4.22. The normalized spacial score (nSPS) is 20.5. The molecule has 1 aliphatic heterocycles. The molecule has 1 aromatic heterocycles. The second-order valence-corrected chi connectivity index (χ2v) is 4.64. The third kappa shape index (κ3) is 2.69. The average Bonchev–Trinajstić information content (AvgIpc) is 2.73. The molecule has 1 unspecified atom stereocenters. The van der Waals surface area contributed by atoms with Crippen LogP contribution in [0, 0.1) is 6.92 Å². The minimum Gasteiger partial charge on any atom is -0.475 e. The zero-order valence-electron chi connectivity index (χ0n) is 8.79. The lowest BCUT2D eigenvalue weighted by molar-refractivity contribution is 0.265. The standard InChI is InChI=1S/C11H15BrN2O/c1-8-4-6-14-11(10(8)12)15-7-9-3-2-5-13-9/h4,6,9,13H,2-3,5,7H2,1H3. The van der Waals surface area contributed by atoms with Crippen molar-refractivity contribution in [3.05, 3.63) is 22.3 Å². The molecule has 1 fully saturated rings. The van der Waals surface area contributed by atoms with Gasteiger partial charge in [0.2, 0.25) is 5.88 Å². The number of ether oxygens (including phenoxy) is 1. The topological polar surface area (TPSA) is 34.1 Å². The highest BCUT2D eigenvalue weighted by atomic mass is 79.9.